The zero-order valence-corrected chi connectivity index (χ0v) is 17.4. The first kappa shape index (κ1) is 23.2. The lowest BCUT2D eigenvalue weighted by molar-refractivity contribution is -0.384. The Balaban J connectivity index is 2.38. The third-order valence-electron chi connectivity index (χ3n) is 4.18. The van der Waals surface area contributed by atoms with Gasteiger partial charge in [-0.3, -0.25) is 14.9 Å². The normalized spacial score (nSPS) is 10.7. The van der Waals surface area contributed by atoms with Gasteiger partial charge in [-0.2, -0.15) is 5.26 Å². The van der Waals surface area contributed by atoms with Crippen LogP contribution >= 0.6 is 0 Å². The van der Waals surface area contributed by atoms with E-state index in [1.165, 1.54) is 37.5 Å². The summed E-state index contributed by atoms with van der Waals surface area (Å²) in [4.78, 5) is 22.9. The van der Waals surface area contributed by atoms with Crippen molar-refractivity contribution in [2.24, 2.45) is 0 Å². The number of nitro benzene ring substituents is 1. The molecule has 0 bridgehead atoms. The van der Waals surface area contributed by atoms with Gasteiger partial charge in [0, 0.05) is 23.4 Å². The SMILES string of the molecule is C=CCc1cc(/C=C(\C#N)C(=O)Nc2cccc([N+](=O)[O-])c2)cc(OC)c1OCCC. The van der Waals surface area contributed by atoms with Crippen LogP contribution in [0.1, 0.15) is 24.5 Å². The lowest BCUT2D eigenvalue weighted by Gasteiger charge is -2.15. The zero-order chi connectivity index (χ0) is 22.8. The fraction of sp³-hybridized carbons (Fsp3) is 0.217. The minimum atomic E-state index is -0.682. The maximum absolute atomic E-state index is 12.6. The molecule has 0 aromatic heterocycles. The summed E-state index contributed by atoms with van der Waals surface area (Å²) in [5, 5.41) is 22.9. The number of benzene rings is 2. The number of nitro groups is 1. The number of carbonyl (C=O) groups is 1. The molecule has 0 atom stereocenters. The second-order valence-corrected chi connectivity index (χ2v) is 6.48. The van der Waals surface area contributed by atoms with Crippen molar-refractivity contribution >= 4 is 23.4 Å². The molecule has 0 saturated heterocycles. The highest BCUT2D eigenvalue weighted by Gasteiger charge is 2.15. The monoisotopic (exact) mass is 421 g/mol. The van der Waals surface area contributed by atoms with Crippen LogP contribution in [0.2, 0.25) is 0 Å². The molecule has 8 heteroatoms. The van der Waals surface area contributed by atoms with Gasteiger partial charge in [0.15, 0.2) is 11.5 Å². The van der Waals surface area contributed by atoms with Crippen molar-refractivity contribution in [3.8, 4) is 17.6 Å². The van der Waals surface area contributed by atoms with E-state index in [0.29, 0.717) is 30.1 Å². The van der Waals surface area contributed by atoms with Crippen molar-refractivity contribution in [3.63, 3.8) is 0 Å². The Morgan fingerprint density at radius 1 is 1.35 bits per heavy atom. The van der Waals surface area contributed by atoms with Gasteiger partial charge in [-0.25, -0.2) is 0 Å². The van der Waals surface area contributed by atoms with E-state index in [-0.39, 0.29) is 16.9 Å². The summed E-state index contributed by atoms with van der Waals surface area (Å²) in [5.41, 5.74) is 1.27. The third kappa shape index (κ3) is 6.18. The summed E-state index contributed by atoms with van der Waals surface area (Å²) < 4.78 is 11.3. The van der Waals surface area contributed by atoms with Gasteiger partial charge in [-0.05, 0) is 42.7 Å². The molecule has 0 aliphatic rings. The quantitative estimate of drug-likeness (QED) is 0.196. The number of allylic oxidation sites excluding steroid dienone is 1. The van der Waals surface area contributed by atoms with Crippen LogP contribution in [0.5, 0.6) is 11.5 Å². The van der Waals surface area contributed by atoms with Gasteiger partial charge in [-0.15, -0.1) is 6.58 Å². The van der Waals surface area contributed by atoms with E-state index in [4.69, 9.17) is 9.47 Å². The van der Waals surface area contributed by atoms with E-state index in [9.17, 15) is 20.2 Å². The number of hydrogen-bond acceptors (Lipinski definition) is 6. The third-order valence-corrected chi connectivity index (χ3v) is 4.18. The van der Waals surface area contributed by atoms with Crippen LogP contribution in [-0.4, -0.2) is 24.5 Å². The topological polar surface area (TPSA) is 114 Å². The molecule has 1 amide bonds. The van der Waals surface area contributed by atoms with Gasteiger partial charge >= 0.3 is 0 Å². The lowest BCUT2D eigenvalue weighted by Crippen LogP contribution is -2.13. The molecule has 0 saturated carbocycles. The van der Waals surface area contributed by atoms with Crippen LogP contribution in [0.3, 0.4) is 0 Å². The average Bonchev–Trinajstić information content (AvgIpc) is 2.76. The standard InChI is InChI=1S/C23H23N3O5/c1-4-7-17-11-16(13-21(30-3)22(17)31-10-5-2)12-18(15-24)23(27)25-19-8-6-9-20(14-19)26(28)29/h4,6,8-9,11-14H,1,5,7,10H2,2-3H3,(H,25,27)/b18-12+. The number of hydrogen-bond donors (Lipinski definition) is 1. The molecule has 2 rings (SSSR count). The molecule has 0 radical (unpaired) electrons. The van der Waals surface area contributed by atoms with Gasteiger partial charge in [0.2, 0.25) is 0 Å². The molecule has 8 nitrogen and oxygen atoms in total. The van der Waals surface area contributed by atoms with Crippen LogP contribution in [0.15, 0.2) is 54.6 Å². The van der Waals surface area contributed by atoms with Crippen LogP contribution in [0.25, 0.3) is 6.08 Å². The molecule has 0 spiro atoms. The molecule has 0 heterocycles. The number of carbonyl (C=O) groups excluding carboxylic acids is 1. The highest BCUT2D eigenvalue weighted by molar-refractivity contribution is 6.09. The first-order valence-corrected chi connectivity index (χ1v) is 9.55. The predicted octanol–water partition coefficient (Wildman–Crippen LogP) is 4.67. The molecule has 2 aromatic rings. The Kier molecular flexibility index (Phi) is 8.34. The Labute approximate surface area is 180 Å². The Morgan fingerprint density at radius 2 is 2.13 bits per heavy atom. The summed E-state index contributed by atoms with van der Waals surface area (Å²) in [7, 11) is 1.51. The lowest BCUT2D eigenvalue weighted by atomic mass is 10.0. The van der Waals surface area contributed by atoms with E-state index in [1.807, 2.05) is 13.0 Å². The second-order valence-electron chi connectivity index (χ2n) is 6.48. The number of nitrogens with zero attached hydrogens (tertiary/aromatic N) is 2. The molecule has 0 fully saturated rings. The van der Waals surface area contributed by atoms with Gasteiger partial charge < -0.3 is 14.8 Å². The number of rotatable bonds is 10. The second kappa shape index (κ2) is 11.2. The summed E-state index contributed by atoms with van der Waals surface area (Å²) in [6, 6.07) is 10.8. The molecular formula is C23H23N3O5. The predicted molar refractivity (Wildman–Crippen MR) is 118 cm³/mol. The van der Waals surface area contributed by atoms with Crippen molar-refractivity contribution in [1.29, 1.82) is 5.26 Å². The van der Waals surface area contributed by atoms with Crippen LogP contribution in [0.4, 0.5) is 11.4 Å². The summed E-state index contributed by atoms with van der Waals surface area (Å²) >= 11 is 0. The van der Waals surface area contributed by atoms with Crippen molar-refractivity contribution < 1.29 is 19.2 Å². The van der Waals surface area contributed by atoms with Gasteiger partial charge in [0.05, 0.1) is 18.6 Å². The van der Waals surface area contributed by atoms with E-state index in [1.54, 1.807) is 18.2 Å². The minimum Gasteiger partial charge on any atom is -0.493 e. The van der Waals surface area contributed by atoms with Gasteiger partial charge in [-0.1, -0.05) is 19.1 Å². The van der Waals surface area contributed by atoms with Crippen molar-refractivity contribution in [2.75, 3.05) is 19.0 Å². The first-order valence-electron chi connectivity index (χ1n) is 9.55. The number of non-ortho nitro benzene ring substituents is 1. The maximum Gasteiger partial charge on any atom is 0.271 e. The summed E-state index contributed by atoms with van der Waals surface area (Å²) in [6.45, 7) is 6.27. The number of nitriles is 1. The molecule has 0 aliphatic carbocycles. The molecule has 2 aromatic carbocycles. The molecule has 0 unspecified atom stereocenters. The van der Waals surface area contributed by atoms with Crippen LogP contribution in [-0.2, 0) is 11.2 Å². The van der Waals surface area contributed by atoms with Crippen molar-refractivity contribution in [2.45, 2.75) is 19.8 Å². The first-order chi connectivity index (χ1) is 14.9. The smallest absolute Gasteiger partial charge is 0.271 e. The van der Waals surface area contributed by atoms with Crippen molar-refractivity contribution in [3.05, 3.63) is 75.9 Å². The van der Waals surface area contributed by atoms with E-state index < -0.39 is 10.8 Å². The Bertz CT molecular complexity index is 1050. The molecule has 1 N–H and O–H groups in total. The largest absolute Gasteiger partial charge is 0.493 e. The minimum absolute atomic E-state index is 0.165. The Morgan fingerprint density at radius 3 is 2.74 bits per heavy atom. The fourth-order valence-corrected chi connectivity index (χ4v) is 2.80. The van der Waals surface area contributed by atoms with Crippen LogP contribution in [0, 0.1) is 21.4 Å². The van der Waals surface area contributed by atoms with Gasteiger partial charge in [0.25, 0.3) is 11.6 Å². The highest BCUT2D eigenvalue weighted by atomic mass is 16.6. The Hall–Kier alpha value is -4.12. The number of amides is 1. The summed E-state index contributed by atoms with van der Waals surface area (Å²) in [5.74, 6) is 0.398. The summed E-state index contributed by atoms with van der Waals surface area (Å²) in [6.07, 6.45) is 4.49. The zero-order valence-electron chi connectivity index (χ0n) is 17.4. The molecule has 160 valence electrons. The number of methoxy groups -OCH3 is 1. The molecular weight excluding hydrogens is 398 g/mol. The number of ether oxygens (including phenoxy) is 2. The van der Waals surface area contributed by atoms with Crippen LogP contribution < -0.4 is 14.8 Å². The number of anilines is 1. The van der Waals surface area contributed by atoms with E-state index >= 15 is 0 Å². The number of nitrogens with one attached hydrogen (secondary N) is 1. The van der Waals surface area contributed by atoms with E-state index in [2.05, 4.69) is 11.9 Å². The molecule has 0 aliphatic heterocycles. The highest BCUT2D eigenvalue weighted by Crippen LogP contribution is 2.34. The fourth-order valence-electron chi connectivity index (χ4n) is 2.80. The average molecular weight is 421 g/mol. The van der Waals surface area contributed by atoms with Crippen molar-refractivity contribution in [1.82, 2.24) is 0 Å². The van der Waals surface area contributed by atoms with Gasteiger partial charge in [0.1, 0.15) is 11.6 Å². The maximum atomic E-state index is 12.6. The molecule has 31 heavy (non-hydrogen) atoms. The van der Waals surface area contributed by atoms with E-state index in [0.717, 1.165) is 12.0 Å².